The van der Waals surface area contributed by atoms with Crippen molar-refractivity contribution >= 4 is 5.91 Å². The summed E-state index contributed by atoms with van der Waals surface area (Å²) in [5, 5.41) is 18.8. The summed E-state index contributed by atoms with van der Waals surface area (Å²) in [6.07, 6.45) is 1.25. The van der Waals surface area contributed by atoms with Crippen LogP contribution in [0.25, 0.3) is 0 Å². The molecule has 0 saturated carbocycles. The standard InChI is InChI=1S/C18H29N3O3/c1-5-11(2)18-19-12(3)16(13(4)20-18)6-17(24)21-7-14(9-22)15(8-21)10-23/h11,14-15,22-23H,5-10H2,1-4H3/t11?,14-,15-/m0/s1. The average molecular weight is 335 g/mol. The maximum Gasteiger partial charge on any atom is 0.227 e. The van der Waals surface area contributed by atoms with Gasteiger partial charge in [-0.3, -0.25) is 4.79 Å². The highest BCUT2D eigenvalue weighted by Gasteiger charge is 2.34. The lowest BCUT2D eigenvalue weighted by Crippen LogP contribution is -2.31. The van der Waals surface area contributed by atoms with Crippen molar-refractivity contribution in [2.24, 2.45) is 11.8 Å². The number of aryl methyl sites for hydroxylation is 2. The van der Waals surface area contributed by atoms with Crippen LogP contribution in [0, 0.1) is 25.7 Å². The van der Waals surface area contributed by atoms with E-state index in [0.717, 1.165) is 29.2 Å². The Balaban J connectivity index is 2.12. The van der Waals surface area contributed by atoms with Gasteiger partial charge >= 0.3 is 0 Å². The van der Waals surface area contributed by atoms with Crippen LogP contribution in [-0.2, 0) is 11.2 Å². The van der Waals surface area contributed by atoms with Crippen molar-refractivity contribution < 1.29 is 15.0 Å². The molecule has 0 aromatic carbocycles. The summed E-state index contributed by atoms with van der Waals surface area (Å²) in [4.78, 5) is 23.5. The Hall–Kier alpha value is -1.53. The number of likely N-dealkylation sites (tertiary alicyclic amines) is 1. The van der Waals surface area contributed by atoms with E-state index in [1.54, 1.807) is 4.90 Å². The van der Waals surface area contributed by atoms with E-state index >= 15 is 0 Å². The van der Waals surface area contributed by atoms with Crippen molar-refractivity contribution in [1.29, 1.82) is 0 Å². The van der Waals surface area contributed by atoms with Gasteiger partial charge in [-0.1, -0.05) is 13.8 Å². The minimum atomic E-state index is -0.0369. The molecule has 1 fully saturated rings. The summed E-state index contributed by atoms with van der Waals surface area (Å²) in [6, 6.07) is 0. The number of hydrogen-bond donors (Lipinski definition) is 2. The number of carbonyl (C=O) groups excluding carboxylic acids is 1. The first-order valence-corrected chi connectivity index (χ1v) is 8.74. The molecule has 3 atom stereocenters. The van der Waals surface area contributed by atoms with Crippen LogP contribution in [0.5, 0.6) is 0 Å². The molecule has 2 heterocycles. The first-order valence-electron chi connectivity index (χ1n) is 8.74. The smallest absolute Gasteiger partial charge is 0.227 e. The number of aromatic nitrogens is 2. The minimum absolute atomic E-state index is 0.000222. The van der Waals surface area contributed by atoms with Crippen LogP contribution in [0.4, 0.5) is 0 Å². The number of carbonyl (C=O) groups is 1. The van der Waals surface area contributed by atoms with Crippen LogP contribution in [0.1, 0.15) is 49.0 Å². The van der Waals surface area contributed by atoms with E-state index in [2.05, 4.69) is 23.8 Å². The zero-order valence-corrected chi connectivity index (χ0v) is 15.1. The Morgan fingerprint density at radius 2 is 1.67 bits per heavy atom. The molecule has 6 heteroatoms. The van der Waals surface area contributed by atoms with Crippen molar-refractivity contribution in [3.05, 3.63) is 22.8 Å². The second-order valence-corrected chi connectivity index (χ2v) is 6.90. The molecule has 1 aromatic rings. The highest BCUT2D eigenvalue weighted by Crippen LogP contribution is 2.24. The molecule has 1 aliphatic heterocycles. The number of amides is 1. The second kappa shape index (κ2) is 8.03. The summed E-state index contributed by atoms with van der Waals surface area (Å²) in [5.41, 5.74) is 2.62. The van der Waals surface area contributed by atoms with Crippen molar-refractivity contribution in [2.45, 2.75) is 46.5 Å². The summed E-state index contributed by atoms with van der Waals surface area (Å²) in [7, 11) is 0. The van der Waals surface area contributed by atoms with E-state index in [-0.39, 0.29) is 37.4 Å². The quantitative estimate of drug-likeness (QED) is 0.816. The van der Waals surface area contributed by atoms with Gasteiger partial charge in [0, 0.05) is 61.0 Å². The molecule has 2 rings (SSSR count). The monoisotopic (exact) mass is 335 g/mol. The second-order valence-electron chi connectivity index (χ2n) is 6.90. The molecule has 1 amide bonds. The molecule has 0 spiro atoms. The molecule has 0 radical (unpaired) electrons. The van der Waals surface area contributed by atoms with E-state index < -0.39 is 0 Å². The fraction of sp³-hybridized carbons (Fsp3) is 0.722. The Morgan fingerprint density at radius 3 is 2.08 bits per heavy atom. The summed E-state index contributed by atoms with van der Waals surface area (Å²) < 4.78 is 0. The third-order valence-corrected chi connectivity index (χ3v) is 5.22. The van der Waals surface area contributed by atoms with Gasteiger partial charge in [-0.25, -0.2) is 9.97 Å². The van der Waals surface area contributed by atoms with Crippen LogP contribution < -0.4 is 0 Å². The van der Waals surface area contributed by atoms with Gasteiger partial charge in [0.15, 0.2) is 0 Å². The van der Waals surface area contributed by atoms with Gasteiger partial charge in [-0.05, 0) is 20.3 Å². The van der Waals surface area contributed by atoms with Crippen LogP contribution in [0.15, 0.2) is 0 Å². The van der Waals surface area contributed by atoms with E-state index in [4.69, 9.17) is 0 Å². The third kappa shape index (κ3) is 3.92. The van der Waals surface area contributed by atoms with Crippen LogP contribution in [-0.4, -0.2) is 57.3 Å². The van der Waals surface area contributed by atoms with Gasteiger partial charge in [0.1, 0.15) is 5.82 Å². The first-order chi connectivity index (χ1) is 11.4. The normalized spacial score (nSPS) is 22.0. The lowest BCUT2D eigenvalue weighted by Gasteiger charge is -2.18. The maximum atomic E-state index is 12.6. The predicted molar refractivity (Wildman–Crippen MR) is 91.6 cm³/mol. The molecule has 0 aliphatic carbocycles. The SMILES string of the molecule is CCC(C)c1nc(C)c(CC(=O)N2C[C@@H](CO)[C@H](CO)C2)c(C)n1. The molecular weight excluding hydrogens is 306 g/mol. The molecule has 1 aromatic heterocycles. The Bertz CT molecular complexity index is 556. The van der Waals surface area contributed by atoms with Crippen LogP contribution in [0.3, 0.4) is 0 Å². The summed E-state index contributed by atoms with van der Waals surface area (Å²) in [5.74, 6) is 1.08. The van der Waals surface area contributed by atoms with Gasteiger partial charge in [0.05, 0.1) is 6.42 Å². The lowest BCUT2D eigenvalue weighted by atomic mass is 9.98. The molecule has 1 saturated heterocycles. The molecule has 6 nitrogen and oxygen atoms in total. The Kier molecular flexibility index (Phi) is 6.29. The fourth-order valence-electron chi connectivity index (χ4n) is 3.24. The largest absolute Gasteiger partial charge is 0.396 e. The predicted octanol–water partition coefficient (Wildman–Crippen LogP) is 1.21. The lowest BCUT2D eigenvalue weighted by molar-refractivity contribution is -0.129. The van der Waals surface area contributed by atoms with Gasteiger partial charge in [-0.15, -0.1) is 0 Å². The maximum absolute atomic E-state index is 12.6. The molecule has 24 heavy (non-hydrogen) atoms. The minimum Gasteiger partial charge on any atom is -0.396 e. The van der Waals surface area contributed by atoms with E-state index in [0.29, 0.717) is 19.0 Å². The molecule has 1 unspecified atom stereocenters. The zero-order chi connectivity index (χ0) is 17.9. The van der Waals surface area contributed by atoms with Crippen LogP contribution in [0.2, 0.25) is 0 Å². The number of hydrogen-bond acceptors (Lipinski definition) is 5. The first kappa shape index (κ1) is 18.8. The van der Waals surface area contributed by atoms with Crippen molar-refractivity contribution in [1.82, 2.24) is 14.9 Å². The molecule has 134 valence electrons. The average Bonchev–Trinajstić information content (AvgIpc) is 3.00. The number of rotatable bonds is 6. The van der Waals surface area contributed by atoms with Crippen molar-refractivity contribution in [3.63, 3.8) is 0 Å². The zero-order valence-electron chi connectivity index (χ0n) is 15.1. The highest BCUT2D eigenvalue weighted by atomic mass is 16.3. The van der Waals surface area contributed by atoms with Crippen molar-refractivity contribution in [2.75, 3.05) is 26.3 Å². The van der Waals surface area contributed by atoms with Gasteiger partial charge in [-0.2, -0.15) is 0 Å². The fourth-order valence-corrected chi connectivity index (χ4v) is 3.24. The van der Waals surface area contributed by atoms with Gasteiger partial charge in [0.2, 0.25) is 5.91 Å². The van der Waals surface area contributed by atoms with E-state index in [1.807, 2.05) is 13.8 Å². The highest BCUT2D eigenvalue weighted by molar-refractivity contribution is 5.79. The van der Waals surface area contributed by atoms with Crippen molar-refractivity contribution in [3.8, 4) is 0 Å². The Morgan fingerprint density at radius 1 is 1.17 bits per heavy atom. The Labute approximate surface area is 143 Å². The molecule has 0 bridgehead atoms. The molecular formula is C18H29N3O3. The summed E-state index contributed by atoms with van der Waals surface area (Å²) >= 11 is 0. The van der Waals surface area contributed by atoms with E-state index in [1.165, 1.54) is 0 Å². The molecule has 2 N–H and O–H groups in total. The van der Waals surface area contributed by atoms with E-state index in [9.17, 15) is 15.0 Å². The number of aliphatic hydroxyl groups excluding tert-OH is 2. The number of nitrogens with zero attached hydrogens (tertiary/aromatic N) is 3. The number of aliphatic hydroxyl groups is 2. The van der Waals surface area contributed by atoms with Gasteiger partial charge in [0.25, 0.3) is 0 Å². The van der Waals surface area contributed by atoms with Crippen LogP contribution >= 0.6 is 0 Å². The molecule has 1 aliphatic rings. The summed E-state index contributed by atoms with van der Waals surface area (Å²) in [6.45, 7) is 9.08. The third-order valence-electron chi connectivity index (χ3n) is 5.22. The van der Waals surface area contributed by atoms with Gasteiger partial charge < -0.3 is 15.1 Å². The topological polar surface area (TPSA) is 86.6 Å².